The largest absolute Gasteiger partial charge is 0.416 e. The highest BCUT2D eigenvalue weighted by molar-refractivity contribution is 6.31. The summed E-state index contributed by atoms with van der Waals surface area (Å²) < 4.78 is 73.1. The predicted octanol–water partition coefficient (Wildman–Crippen LogP) is 5.27. The SMILES string of the molecule is O=C(Nc1cc(CC2(CO)COC2)cc2c1C(c1cc(F)ccc1Cl)NC2=O)c1cc(F)cc(C(F)(F)F)c1. The molecule has 0 saturated carbocycles. The van der Waals surface area contributed by atoms with Gasteiger partial charge >= 0.3 is 6.18 Å². The van der Waals surface area contributed by atoms with E-state index in [9.17, 15) is 36.6 Å². The number of halogens is 6. The number of rotatable bonds is 6. The first-order chi connectivity index (χ1) is 18.4. The lowest BCUT2D eigenvalue weighted by molar-refractivity contribution is -0.137. The van der Waals surface area contributed by atoms with Crippen LogP contribution in [0, 0.1) is 17.0 Å². The summed E-state index contributed by atoms with van der Waals surface area (Å²) in [5.74, 6) is -3.51. The van der Waals surface area contributed by atoms with E-state index in [1.54, 1.807) is 6.07 Å². The number of amides is 2. The lowest BCUT2D eigenvalue weighted by atomic mass is 9.79. The van der Waals surface area contributed by atoms with Crippen LogP contribution in [0.4, 0.5) is 27.6 Å². The molecule has 2 amide bonds. The summed E-state index contributed by atoms with van der Waals surface area (Å²) in [5, 5.41) is 15.2. The molecule has 1 saturated heterocycles. The topological polar surface area (TPSA) is 87.7 Å². The minimum atomic E-state index is -4.89. The first kappa shape index (κ1) is 27.0. The molecule has 2 aliphatic heterocycles. The second-order valence-corrected chi connectivity index (χ2v) is 10.1. The van der Waals surface area contributed by atoms with Gasteiger partial charge < -0.3 is 20.5 Å². The first-order valence-corrected chi connectivity index (χ1v) is 12.1. The summed E-state index contributed by atoms with van der Waals surface area (Å²) in [4.78, 5) is 26.1. The van der Waals surface area contributed by atoms with Gasteiger partial charge in [0.25, 0.3) is 11.8 Å². The molecule has 0 radical (unpaired) electrons. The molecule has 0 bridgehead atoms. The van der Waals surface area contributed by atoms with E-state index >= 15 is 0 Å². The summed E-state index contributed by atoms with van der Waals surface area (Å²) in [5.41, 5.74) is -1.48. The van der Waals surface area contributed by atoms with Gasteiger partial charge in [-0.2, -0.15) is 13.2 Å². The maximum absolute atomic E-state index is 14.1. The molecule has 12 heteroatoms. The number of ether oxygens (including phenoxy) is 1. The molecule has 39 heavy (non-hydrogen) atoms. The maximum atomic E-state index is 14.1. The predicted molar refractivity (Wildman–Crippen MR) is 131 cm³/mol. The van der Waals surface area contributed by atoms with Crippen molar-refractivity contribution in [3.8, 4) is 0 Å². The average Bonchev–Trinajstić information content (AvgIpc) is 3.18. The number of alkyl halides is 3. The van der Waals surface area contributed by atoms with Crippen LogP contribution in [0.15, 0.2) is 48.5 Å². The number of fused-ring (bicyclic) bond motifs is 1. The van der Waals surface area contributed by atoms with E-state index in [0.29, 0.717) is 17.7 Å². The smallest absolute Gasteiger partial charge is 0.396 e. The highest BCUT2D eigenvalue weighted by atomic mass is 35.5. The summed E-state index contributed by atoms with van der Waals surface area (Å²) in [7, 11) is 0. The summed E-state index contributed by atoms with van der Waals surface area (Å²) in [6.07, 6.45) is -4.63. The van der Waals surface area contributed by atoms with Gasteiger partial charge in [-0.25, -0.2) is 8.78 Å². The first-order valence-electron chi connectivity index (χ1n) is 11.7. The van der Waals surface area contributed by atoms with E-state index in [4.69, 9.17) is 16.3 Å². The fourth-order valence-corrected chi connectivity index (χ4v) is 5.05. The number of benzene rings is 3. The molecule has 1 unspecified atom stereocenters. The molecule has 3 aromatic carbocycles. The number of anilines is 1. The van der Waals surface area contributed by atoms with Gasteiger partial charge in [0.05, 0.1) is 31.4 Å². The maximum Gasteiger partial charge on any atom is 0.416 e. The van der Waals surface area contributed by atoms with E-state index < -0.39 is 52.2 Å². The normalized spacial score (nSPS) is 17.8. The molecule has 1 atom stereocenters. The lowest BCUT2D eigenvalue weighted by Gasteiger charge is -2.40. The fourth-order valence-electron chi connectivity index (χ4n) is 4.82. The third kappa shape index (κ3) is 5.21. The van der Waals surface area contributed by atoms with E-state index in [1.807, 2.05) is 0 Å². The zero-order chi connectivity index (χ0) is 28.1. The highest BCUT2D eigenvalue weighted by Gasteiger charge is 2.40. The number of carbonyl (C=O) groups is 2. The van der Waals surface area contributed by atoms with E-state index in [1.165, 1.54) is 12.1 Å². The Morgan fingerprint density at radius 3 is 2.49 bits per heavy atom. The molecule has 3 aromatic rings. The highest BCUT2D eigenvalue weighted by Crippen LogP contribution is 2.42. The molecule has 0 spiro atoms. The Bertz CT molecular complexity index is 1480. The Labute approximate surface area is 223 Å². The van der Waals surface area contributed by atoms with Crippen molar-refractivity contribution in [2.75, 3.05) is 25.1 Å². The standard InChI is InChI=1S/C27H20ClF5N2O4/c28-20-2-1-16(29)8-18(20)23-22-19(25(38)35-23)3-13(9-26(10-36)11-39-12-26)4-21(22)34-24(37)14-5-15(27(31,32)33)7-17(30)6-14/h1-8,23,36H,9-12H2,(H,34,37)(H,35,38). The van der Waals surface area contributed by atoms with Crippen molar-refractivity contribution in [1.29, 1.82) is 0 Å². The zero-order valence-electron chi connectivity index (χ0n) is 20.0. The van der Waals surface area contributed by atoms with Crippen molar-refractivity contribution in [2.24, 2.45) is 5.41 Å². The molecule has 1 fully saturated rings. The Hall–Kier alpha value is -3.54. The van der Waals surface area contributed by atoms with Crippen LogP contribution in [-0.2, 0) is 17.3 Å². The summed E-state index contributed by atoms with van der Waals surface area (Å²) >= 11 is 6.29. The van der Waals surface area contributed by atoms with Gasteiger partial charge in [0, 0.05) is 38.4 Å². The molecule has 3 N–H and O–H groups in total. The van der Waals surface area contributed by atoms with Crippen molar-refractivity contribution in [3.63, 3.8) is 0 Å². The molecule has 5 rings (SSSR count). The molecule has 6 nitrogen and oxygen atoms in total. The van der Waals surface area contributed by atoms with Crippen molar-refractivity contribution in [3.05, 3.63) is 98.6 Å². The van der Waals surface area contributed by atoms with Gasteiger partial charge in [0.15, 0.2) is 0 Å². The summed E-state index contributed by atoms with van der Waals surface area (Å²) in [6.45, 7) is 0.321. The van der Waals surface area contributed by atoms with Crippen LogP contribution in [0.1, 0.15) is 49.0 Å². The van der Waals surface area contributed by atoms with Crippen LogP contribution in [0.2, 0.25) is 5.02 Å². The number of carbonyl (C=O) groups excluding carboxylic acids is 2. The van der Waals surface area contributed by atoms with E-state index in [2.05, 4.69) is 10.6 Å². The van der Waals surface area contributed by atoms with Crippen LogP contribution in [0.3, 0.4) is 0 Å². The molecule has 204 valence electrons. The van der Waals surface area contributed by atoms with Crippen LogP contribution in [0.25, 0.3) is 0 Å². The number of aliphatic hydroxyl groups is 1. The minimum Gasteiger partial charge on any atom is -0.396 e. The number of hydrogen-bond acceptors (Lipinski definition) is 4. The van der Waals surface area contributed by atoms with Gasteiger partial charge in [-0.15, -0.1) is 0 Å². The van der Waals surface area contributed by atoms with Crippen LogP contribution in [-0.4, -0.2) is 36.7 Å². The number of hydrogen-bond donors (Lipinski definition) is 3. The molecule has 0 aliphatic carbocycles. The van der Waals surface area contributed by atoms with Crippen LogP contribution >= 0.6 is 11.6 Å². The second-order valence-electron chi connectivity index (χ2n) is 9.69. The molecule has 2 aliphatic rings. The fraction of sp³-hybridized carbons (Fsp3) is 0.259. The Morgan fingerprint density at radius 2 is 1.85 bits per heavy atom. The Kier molecular flexibility index (Phi) is 6.86. The quantitative estimate of drug-likeness (QED) is 0.355. The van der Waals surface area contributed by atoms with Crippen molar-refractivity contribution < 1.29 is 41.4 Å². The van der Waals surface area contributed by atoms with Crippen molar-refractivity contribution >= 4 is 29.1 Å². The van der Waals surface area contributed by atoms with Crippen molar-refractivity contribution in [2.45, 2.75) is 18.6 Å². The van der Waals surface area contributed by atoms with Gasteiger partial charge in [0.1, 0.15) is 11.6 Å². The van der Waals surface area contributed by atoms with Crippen molar-refractivity contribution in [1.82, 2.24) is 5.32 Å². The molecular weight excluding hydrogens is 547 g/mol. The average molecular weight is 567 g/mol. The monoisotopic (exact) mass is 566 g/mol. The second kappa shape index (κ2) is 9.89. The lowest BCUT2D eigenvalue weighted by Crippen LogP contribution is -2.47. The molecular formula is C27H20ClF5N2O4. The van der Waals surface area contributed by atoms with Crippen LogP contribution in [0.5, 0.6) is 0 Å². The van der Waals surface area contributed by atoms with Gasteiger partial charge in [-0.05, 0) is 60.5 Å². The van der Waals surface area contributed by atoms with Gasteiger partial charge in [-0.3, -0.25) is 9.59 Å². The third-order valence-electron chi connectivity index (χ3n) is 6.78. The Balaban J connectivity index is 1.61. The van der Waals surface area contributed by atoms with Gasteiger partial charge in [-0.1, -0.05) is 11.6 Å². The summed E-state index contributed by atoms with van der Waals surface area (Å²) in [6, 6.07) is 7.07. The minimum absolute atomic E-state index is 0.0299. The Morgan fingerprint density at radius 1 is 1.10 bits per heavy atom. The van der Waals surface area contributed by atoms with Gasteiger partial charge in [0.2, 0.25) is 0 Å². The van der Waals surface area contributed by atoms with E-state index in [0.717, 1.165) is 12.1 Å². The molecule has 2 heterocycles. The van der Waals surface area contributed by atoms with Crippen LogP contribution < -0.4 is 10.6 Å². The van der Waals surface area contributed by atoms with E-state index in [-0.39, 0.29) is 59.7 Å². The molecule has 0 aromatic heterocycles. The third-order valence-corrected chi connectivity index (χ3v) is 7.13. The number of aliphatic hydroxyl groups excluding tert-OH is 1. The number of nitrogens with one attached hydrogen (secondary N) is 2. The zero-order valence-corrected chi connectivity index (χ0v) is 20.7.